The monoisotopic (exact) mass is 397 g/mol. The molecule has 4 heterocycles. The number of carbonyl (C=O) groups excluding carboxylic acids is 1. The minimum atomic E-state index is -0.706. The molecule has 0 saturated carbocycles. The second-order valence-electron chi connectivity index (χ2n) is 7.46. The highest BCUT2D eigenvalue weighted by atomic mass is 35.5. The number of hydrogen-bond donors (Lipinski definition) is 1. The average molecular weight is 398 g/mol. The van der Waals surface area contributed by atoms with Gasteiger partial charge in [-0.3, -0.25) is 9.69 Å². The van der Waals surface area contributed by atoms with Crippen LogP contribution in [-0.4, -0.2) is 38.5 Å². The molecule has 1 spiro atoms. The first-order chi connectivity index (χ1) is 13.6. The van der Waals surface area contributed by atoms with Crippen LogP contribution in [0.2, 0.25) is 5.02 Å². The summed E-state index contributed by atoms with van der Waals surface area (Å²) in [5.74, 6) is -0.458. The van der Waals surface area contributed by atoms with Gasteiger partial charge in [-0.15, -0.1) is 0 Å². The quantitative estimate of drug-likeness (QED) is 0.733. The molecule has 2 aromatic heterocycles. The van der Waals surface area contributed by atoms with Gasteiger partial charge in [-0.2, -0.15) is 5.10 Å². The van der Waals surface area contributed by atoms with E-state index in [1.165, 1.54) is 0 Å². The third kappa shape index (κ3) is 2.78. The predicted octanol–water partition coefficient (Wildman–Crippen LogP) is 2.43. The number of hydrogen-bond acceptors (Lipinski definition) is 5. The third-order valence-electron chi connectivity index (χ3n) is 5.80. The maximum atomic E-state index is 11.9. The number of likely N-dealkylation sites (tertiary alicyclic amines) is 1. The third-order valence-corrected chi connectivity index (χ3v) is 6.04. The lowest BCUT2D eigenvalue weighted by Gasteiger charge is -2.39. The van der Waals surface area contributed by atoms with Crippen molar-refractivity contribution in [3.8, 4) is 0 Å². The summed E-state index contributed by atoms with van der Waals surface area (Å²) in [6.45, 7) is 2.45. The van der Waals surface area contributed by atoms with Crippen LogP contribution in [0.25, 0.3) is 5.65 Å². The van der Waals surface area contributed by atoms with Crippen molar-refractivity contribution in [2.75, 3.05) is 13.1 Å². The van der Waals surface area contributed by atoms with Gasteiger partial charge in [0, 0.05) is 42.6 Å². The molecule has 0 aliphatic carbocycles. The molecule has 1 aromatic carbocycles. The van der Waals surface area contributed by atoms with Gasteiger partial charge in [0.15, 0.2) is 11.8 Å². The van der Waals surface area contributed by atoms with E-state index in [-0.39, 0.29) is 0 Å². The predicted molar refractivity (Wildman–Crippen MR) is 104 cm³/mol. The van der Waals surface area contributed by atoms with Crippen LogP contribution < -0.4 is 5.73 Å². The summed E-state index contributed by atoms with van der Waals surface area (Å²) < 4.78 is 8.03. The van der Waals surface area contributed by atoms with Gasteiger partial charge < -0.3 is 10.5 Å². The molecule has 0 bridgehead atoms. The summed E-state index contributed by atoms with van der Waals surface area (Å²) in [6, 6.07) is 7.43. The van der Waals surface area contributed by atoms with E-state index in [0.29, 0.717) is 5.02 Å². The Morgan fingerprint density at radius 2 is 2.18 bits per heavy atom. The summed E-state index contributed by atoms with van der Waals surface area (Å²) in [5.41, 5.74) is 8.91. The maximum Gasteiger partial charge on any atom is 0.251 e. The molecule has 5 rings (SSSR count). The van der Waals surface area contributed by atoms with E-state index < -0.39 is 17.6 Å². The Balaban J connectivity index is 1.37. The Morgan fingerprint density at radius 1 is 1.36 bits per heavy atom. The molecule has 0 unspecified atom stereocenters. The molecule has 1 atom stereocenters. The lowest BCUT2D eigenvalue weighted by Crippen LogP contribution is -2.42. The number of rotatable bonds is 3. The highest BCUT2D eigenvalue weighted by Crippen LogP contribution is 2.50. The van der Waals surface area contributed by atoms with Crippen molar-refractivity contribution in [2.24, 2.45) is 5.73 Å². The first kappa shape index (κ1) is 17.6. The van der Waals surface area contributed by atoms with Crippen LogP contribution >= 0.6 is 11.6 Å². The Labute approximate surface area is 167 Å². The number of halogens is 1. The lowest BCUT2D eigenvalue weighted by atomic mass is 9.83. The second-order valence-corrected chi connectivity index (χ2v) is 7.90. The number of fused-ring (bicyclic) bond motifs is 3. The van der Waals surface area contributed by atoms with E-state index in [1.807, 2.05) is 30.6 Å². The molecule has 28 heavy (non-hydrogen) atoms. The number of piperidine rings is 1. The van der Waals surface area contributed by atoms with Crippen LogP contribution in [0.5, 0.6) is 0 Å². The molecule has 7 nitrogen and oxygen atoms in total. The number of primary amides is 1. The highest BCUT2D eigenvalue weighted by molar-refractivity contribution is 6.30. The van der Waals surface area contributed by atoms with Crippen molar-refractivity contribution in [3.63, 3.8) is 0 Å². The Bertz CT molecular complexity index is 1060. The Kier molecular flexibility index (Phi) is 4.12. The van der Waals surface area contributed by atoms with Crippen molar-refractivity contribution in [2.45, 2.75) is 31.1 Å². The van der Waals surface area contributed by atoms with Gasteiger partial charge >= 0.3 is 0 Å². The van der Waals surface area contributed by atoms with E-state index in [4.69, 9.17) is 22.1 Å². The van der Waals surface area contributed by atoms with Gasteiger partial charge in [0.05, 0.1) is 11.8 Å². The largest absolute Gasteiger partial charge is 0.367 e. The molecular formula is C20H20ClN5O2. The number of amides is 1. The SMILES string of the molecule is NC(=O)[C@@H]1OC2(CCN(Cc3cnn4cccnc34)CC2)c2cc(Cl)ccc21. The van der Waals surface area contributed by atoms with E-state index in [9.17, 15) is 4.79 Å². The van der Waals surface area contributed by atoms with E-state index in [0.717, 1.165) is 54.8 Å². The van der Waals surface area contributed by atoms with Gasteiger partial charge in [0.1, 0.15) is 0 Å². The molecule has 0 radical (unpaired) electrons. The standard InChI is InChI=1S/C20H20ClN5O2/c21-14-2-3-15-16(10-14)20(28-17(15)18(22)27)4-8-25(9-5-20)12-13-11-24-26-7-1-6-23-19(13)26/h1-3,6-7,10-11,17H,4-5,8-9,12H2,(H2,22,27)/t17-/m1/s1. The molecule has 3 aromatic rings. The molecule has 2 aliphatic heterocycles. The molecule has 144 valence electrons. The van der Waals surface area contributed by atoms with E-state index in [2.05, 4.69) is 15.0 Å². The first-order valence-electron chi connectivity index (χ1n) is 9.32. The average Bonchev–Trinajstić information content (AvgIpc) is 3.24. The molecular weight excluding hydrogens is 378 g/mol. The molecule has 2 N–H and O–H groups in total. The van der Waals surface area contributed by atoms with Gasteiger partial charge in [0.25, 0.3) is 5.91 Å². The van der Waals surface area contributed by atoms with Gasteiger partial charge in [-0.1, -0.05) is 17.7 Å². The zero-order valence-electron chi connectivity index (χ0n) is 15.2. The summed E-state index contributed by atoms with van der Waals surface area (Å²) in [4.78, 5) is 18.7. The van der Waals surface area contributed by atoms with Crippen molar-refractivity contribution in [1.82, 2.24) is 19.5 Å². The number of ether oxygens (including phenoxy) is 1. The summed E-state index contributed by atoms with van der Waals surface area (Å²) in [7, 11) is 0. The van der Waals surface area contributed by atoms with Crippen LogP contribution in [0.1, 0.15) is 35.6 Å². The summed E-state index contributed by atoms with van der Waals surface area (Å²) in [5, 5.41) is 5.01. The first-order valence-corrected chi connectivity index (χ1v) is 9.70. The number of nitrogens with two attached hydrogens (primary N) is 1. The Morgan fingerprint density at radius 3 is 2.96 bits per heavy atom. The fourth-order valence-electron chi connectivity index (χ4n) is 4.40. The van der Waals surface area contributed by atoms with Gasteiger partial charge in [-0.05, 0) is 42.2 Å². The fraction of sp³-hybridized carbons (Fsp3) is 0.350. The fourth-order valence-corrected chi connectivity index (χ4v) is 4.58. The smallest absolute Gasteiger partial charge is 0.251 e. The molecule has 1 fully saturated rings. The van der Waals surface area contributed by atoms with Gasteiger partial charge in [-0.25, -0.2) is 9.50 Å². The summed E-state index contributed by atoms with van der Waals surface area (Å²) in [6.07, 6.45) is 6.39. The van der Waals surface area contributed by atoms with Gasteiger partial charge in [0.2, 0.25) is 0 Å². The molecule has 8 heteroatoms. The zero-order chi connectivity index (χ0) is 19.3. The normalized spacial score (nSPS) is 21.2. The topological polar surface area (TPSA) is 85.8 Å². The van der Waals surface area contributed by atoms with Crippen LogP contribution in [0.4, 0.5) is 0 Å². The van der Waals surface area contributed by atoms with Crippen molar-refractivity contribution >= 4 is 23.2 Å². The molecule has 2 aliphatic rings. The second kappa shape index (κ2) is 6.55. The number of carbonyl (C=O) groups is 1. The maximum absolute atomic E-state index is 11.9. The van der Waals surface area contributed by atoms with Crippen molar-refractivity contribution in [3.05, 3.63) is 64.6 Å². The number of nitrogens with zero attached hydrogens (tertiary/aromatic N) is 4. The van der Waals surface area contributed by atoms with E-state index >= 15 is 0 Å². The number of benzene rings is 1. The summed E-state index contributed by atoms with van der Waals surface area (Å²) >= 11 is 6.23. The van der Waals surface area contributed by atoms with Crippen molar-refractivity contribution in [1.29, 1.82) is 0 Å². The number of aromatic nitrogens is 3. The zero-order valence-corrected chi connectivity index (χ0v) is 16.0. The van der Waals surface area contributed by atoms with Crippen LogP contribution in [0.3, 0.4) is 0 Å². The van der Waals surface area contributed by atoms with Crippen molar-refractivity contribution < 1.29 is 9.53 Å². The van der Waals surface area contributed by atoms with E-state index in [1.54, 1.807) is 16.8 Å². The minimum Gasteiger partial charge on any atom is -0.367 e. The lowest BCUT2D eigenvalue weighted by molar-refractivity contribution is -0.148. The molecule has 1 amide bonds. The van der Waals surface area contributed by atoms with Crippen LogP contribution in [0.15, 0.2) is 42.9 Å². The van der Waals surface area contributed by atoms with Crippen LogP contribution in [0, 0.1) is 0 Å². The molecule has 1 saturated heterocycles. The van der Waals surface area contributed by atoms with Crippen LogP contribution in [-0.2, 0) is 21.7 Å². The Hall–Kier alpha value is -2.48. The highest BCUT2D eigenvalue weighted by Gasteiger charge is 2.48. The minimum absolute atomic E-state index is 0.458.